The molecule has 1 rings (SSSR count). The van der Waals surface area contributed by atoms with E-state index in [0.29, 0.717) is 12.3 Å². The van der Waals surface area contributed by atoms with Gasteiger partial charge in [0.25, 0.3) is 0 Å². The zero-order valence-electron chi connectivity index (χ0n) is 7.45. The third kappa shape index (κ3) is 2.31. The Kier molecular flexibility index (Phi) is 3.51. The molecule has 0 aromatic heterocycles. The molecule has 1 aromatic rings. The van der Waals surface area contributed by atoms with Crippen molar-refractivity contribution in [2.45, 2.75) is 6.18 Å². The number of rotatable bonds is 1. The lowest BCUT2D eigenvalue weighted by Gasteiger charge is -2.11. The molecule has 2 nitrogen and oxygen atoms in total. The third-order valence-electron chi connectivity index (χ3n) is 1.70. The average molecular weight is 303 g/mol. The van der Waals surface area contributed by atoms with E-state index in [1.807, 2.05) is 0 Å². The zero-order valence-corrected chi connectivity index (χ0v) is 9.03. The molecular formula is C8H4BrF5N2. The van der Waals surface area contributed by atoms with Gasteiger partial charge < -0.3 is 5.84 Å². The fraction of sp³-hybridized carbons (Fsp3) is 0.125. The average Bonchev–Trinajstić information content (AvgIpc) is 2.16. The summed E-state index contributed by atoms with van der Waals surface area (Å²) >= 11 is 2.55. The van der Waals surface area contributed by atoms with Crippen LogP contribution in [0.25, 0.3) is 0 Å². The number of hydrazone groups is 1. The summed E-state index contributed by atoms with van der Waals surface area (Å²) in [4.78, 5) is 0. The van der Waals surface area contributed by atoms with E-state index in [1.54, 1.807) is 0 Å². The molecule has 0 bridgehead atoms. The standard InChI is InChI=1S/C8H4BrF5N2/c9-5-1-4(8(12,13)14)6(10)3(2-16-15)7(5)11/h1-2H,15H2. The first-order valence-electron chi connectivity index (χ1n) is 3.77. The van der Waals surface area contributed by atoms with Gasteiger partial charge in [0, 0.05) is 0 Å². The van der Waals surface area contributed by atoms with E-state index in [-0.39, 0.29) is 0 Å². The van der Waals surface area contributed by atoms with Crippen molar-refractivity contribution in [2.24, 2.45) is 10.9 Å². The molecule has 0 fully saturated rings. The Morgan fingerprint density at radius 2 is 1.81 bits per heavy atom. The summed E-state index contributed by atoms with van der Waals surface area (Å²) < 4.78 is 62.9. The summed E-state index contributed by atoms with van der Waals surface area (Å²) in [6, 6.07) is 0.318. The summed E-state index contributed by atoms with van der Waals surface area (Å²) in [6.07, 6.45) is -4.44. The van der Waals surface area contributed by atoms with Crippen molar-refractivity contribution in [3.63, 3.8) is 0 Å². The maximum absolute atomic E-state index is 13.3. The number of halogens is 6. The van der Waals surface area contributed by atoms with E-state index in [4.69, 9.17) is 0 Å². The van der Waals surface area contributed by atoms with Gasteiger partial charge in [0.05, 0.1) is 21.8 Å². The van der Waals surface area contributed by atoms with Crippen LogP contribution in [-0.2, 0) is 6.18 Å². The lowest BCUT2D eigenvalue weighted by atomic mass is 10.1. The molecule has 0 heterocycles. The van der Waals surface area contributed by atoms with E-state index in [2.05, 4.69) is 26.9 Å². The molecule has 0 amide bonds. The lowest BCUT2D eigenvalue weighted by molar-refractivity contribution is -0.140. The second-order valence-electron chi connectivity index (χ2n) is 2.72. The van der Waals surface area contributed by atoms with Crippen LogP contribution in [0.15, 0.2) is 15.6 Å². The summed E-state index contributed by atoms with van der Waals surface area (Å²) in [5.74, 6) is 1.70. The largest absolute Gasteiger partial charge is 0.419 e. The van der Waals surface area contributed by atoms with Crippen LogP contribution in [0, 0.1) is 11.6 Å². The Balaban J connectivity index is 3.57. The molecule has 0 saturated heterocycles. The number of nitrogens with zero attached hydrogens (tertiary/aromatic N) is 1. The number of alkyl halides is 3. The molecule has 0 aliphatic rings. The molecule has 2 N–H and O–H groups in total. The predicted octanol–water partition coefficient (Wildman–Crippen LogP) is 3.04. The number of benzene rings is 1. The van der Waals surface area contributed by atoms with Gasteiger partial charge in [-0.25, -0.2) is 8.78 Å². The van der Waals surface area contributed by atoms with Crippen LogP contribution in [-0.4, -0.2) is 6.21 Å². The van der Waals surface area contributed by atoms with Gasteiger partial charge in [0.2, 0.25) is 0 Å². The normalized spacial score (nSPS) is 12.4. The summed E-state index contributed by atoms with van der Waals surface area (Å²) in [5, 5.41) is 2.80. The van der Waals surface area contributed by atoms with Crippen LogP contribution in [0.3, 0.4) is 0 Å². The molecular weight excluding hydrogens is 299 g/mol. The minimum Gasteiger partial charge on any atom is -0.323 e. The Morgan fingerprint density at radius 1 is 1.25 bits per heavy atom. The fourth-order valence-corrected chi connectivity index (χ4v) is 1.46. The Bertz CT molecular complexity index is 441. The maximum atomic E-state index is 13.3. The molecule has 0 unspecified atom stereocenters. The van der Waals surface area contributed by atoms with Crippen LogP contribution in [0.4, 0.5) is 22.0 Å². The Morgan fingerprint density at radius 3 is 2.25 bits per heavy atom. The van der Waals surface area contributed by atoms with Crippen LogP contribution in [0.2, 0.25) is 0 Å². The highest BCUT2D eigenvalue weighted by Crippen LogP contribution is 2.35. The van der Waals surface area contributed by atoms with E-state index in [0.717, 1.165) is 0 Å². The van der Waals surface area contributed by atoms with Gasteiger partial charge >= 0.3 is 6.18 Å². The Labute approximate surface area is 95.1 Å². The van der Waals surface area contributed by atoms with Gasteiger partial charge in [-0.15, -0.1) is 0 Å². The monoisotopic (exact) mass is 302 g/mol. The predicted molar refractivity (Wildman–Crippen MR) is 50.8 cm³/mol. The van der Waals surface area contributed by atoms with E-state index in [9.17, 15) is 22.0 Å². The highest BCUT2D eigenvalue weighted by Gasteiger charge is 2.36. The molecule has 0 aliphatic carbocycles. The maximum Gasteiger partial charge on any atom is 0.419 e. The van der Waals surface area contributed by atoms with Gasteiger partial charge in [-0.05, 0) is 22.0 Å². The van der Waals surface area contributed by atoms with Crippen LogP contribution in [0.5, 0.6) is 0 Å². The summed E-state index contributed by atoms with van der Waals surface area (Å²) in [6.45, 7) is 0. The zero-order chi connectivity index (χ0) is 12.5. The quantitative estimate of drug-likeness (QED) is 0.280. The van der Waals surface area contributed by atoms with Crippen molar-refractivity contribution in [1.29, 1.82) is 0 Å². The van der Waals surface area contributed by atoms with E-state index < -0.39 is 33.4 Å². The minimum atomic E-state index is -4.92. The summed E-state index contributed by atoms with van der Waals surface area (Å²) in [5.41, 5.74) is -2.53. The van der Waals surface area contributed by atoms with Crippen molar-refractivity contribution >= 4 is 22.1 Å². The summed E-state index contributed by atoms with van der Waals surface area (Å²) in [7, 11) is 0. The number of hydrogen-bond donors (Lipinski definition) is 1. The highest BCUT2D eigenvalue weighted by molar-refractivity contribution is 9.10. The fourth-order valence-electron chi connectivity index (χ4n) is 1.02. The van der Waals surface area contributed by atoms with Crippen molar-refractivity contribution in [1.82, 2.24) is 0 Å². The van der Waals surface area contributed by atoms with Crippen molar-refractivity contribution in [3.05, 3.63) is 33.3 Å². The molecule has 0 radical (unpaired) electrons. The van der Waals surface area contributed by atoms with E-state index in [1.165, 1.54) is 0 Å². The third-order valence-corrected chi connectivity index (χ3v) is 2.28. The molecule has 16 heavy (non-hydrogen) atoms. The Hall–Kier alpha value is -1.18. The topological polar surface area (TPSA) is 38.4 Å². The van der Waals surface area contributed by atoms with Crippen molar-refractivity contribution in [2.75, 3.05) is 0 Å². The molecule has 88 valence electrons. The second-order valence-corrected chi connectivity index (χ2v) is 3.58. The van der Waals surface area contributed by atoms with Crippen molar-refractivity contribution < 1.29 is 22.0 Å². The highest BCUT2D eigenvalue weighted by atomic mass is 79.9. The van der Waals surface area contributed by atoms with E-state index >= 15 is 0 Å². The number of hydrogen-bond acceptors (Lipinski definition) is 2. The van der Waals surface area contributed by atoms with Crippen molar-refractivity contribution in [3.8, 4) is 0 Å². The lowest BCUT2D eigenvalue weighted by Crippen LogP contribution is -2.12. The van der Waals surface area contributed by atoms with Gasteiger partial charge in [-0.3, -0.25) is 0 Å². The number of nitrogens with two attached hydrogens (primary N) is 1. The first kappa shape index (κ1) is 12.9. The molecule has 0 spiro atoms. The first-order valence-corrected chi connectivity index (χ1v) is 4.56. The van der Waals surface area contributed by atoms with Crippen LogP contribution >= 0.6 is 15.9 Å². The molecule has 0 aliphatic heterocycles. The van der Waals surface area contributed by atoms with Gasteiger partial charge in [0.15, 0.2) is 0 Å². The smallest absolute Gasteiger partial charge is 0.323 e. The molecule has 1 aromatic carbocycles. The molecule has 8 heteroatoms. The van der Waals surface area contributed by atoms with Gasteiger partial charge in [-0.1, -0.05) is 0 Å². The first-order chi connectivity index (χ1) is 7.29. The molecule has 0 atom stereocenters. The van der Waals surface area contributed by atoms with Crippen LogP contribution in [0.1, 0.15) is 11.1 Å². The second kappa shape index (κ2) is 4.36. The minimum absolute atomic E-state index is 0.318. The SMILES string of the molecule is NN=Cc1c(F)c(Br)cc(C(F)(F)F)c1F. The van der Waals surface area contributed by atoms with Gasteiger partial charge in [-0.2, -0.15) is 18.3 Å². The molecule has 0 saturated carbocycles. The van der Waals surface area contributed by atoms with Crippen LogP contribution < -0.4 is 5.84 Å². The van der Waals surface area contributed by atoms with Gasteiger partial charge in [0.1, 0.15) is 11.6 Å².